The fourth-order valence-electron chi connectivity index (χ4n) is 3.27. The van der Waals surface area contributed by atoms with Crippen molar-refractivity contribution in [2.45, 2.75) is 38.6 Å². The van der Waals surface area contributed by atoms with Gasteiger partial charge < -0.3 is 5.32 Å². The summed E-state index contributed by atoms with van der Waals surface area (Å²) < 4.78 is 13.5. The highest BCUT2D eigenvalue weighted by molar-refractivity contribution is 5.36. The van der Waals surface area contributed by atoms with E-state index in [4.69, 9.17) is 0 Å². The number of benzene rings is 2. The average Bonchev–Trinajstić information content (AvgIpc) is 2.94. The Balaban J connectivity index is 1.82. The average molecular weight is 283 g/mol. The third kappa shape index (κ3) is 3.33. The van der Waals surface area contributed by atoms with Crippen LogP contribution in [0.25, 0.3) is 0 Å². The summed E-state index contributed by atoms with van der Waals surface area (Å²) in [4.78, 5) is 0. The summed E-state index contributed by atoms with van der Waals surface area (Å²) >= 11 is 0. The van der Waals surface area contributed by atoms with Crippen molar-refractivity contribution >= 4 is 0 Å². The van der Waals surface area contributed by atoms with Crippen molar-refractivity contribution in [3.8, 4) is 0 Å². The van der Waals surface area contributed by atoms with Crippen molar-refractivity contribution < 1.29 is 4.39 Å². The number of halogens is 1. The Morgan fingerprint density at radius 2 is 1.95 bits per heavy atom. The molecule has 0 radical (unpaired) electrons. The molecule has 0 aromatic heterocycles. The van der Waals surface area contributed by atoms with Gasteiger partial charge in [-0.2, -0.15) is 0 Å². The fraction of sp³-hybridized carbons (Fsp3) is 0.368. The molecule has 0 heterocycles. The Kier molecular flexibility index (Phi) is 4.35. The second kappa shape index (κ2) is 6.40. The Labute approximate surface area is 126 Å². The van der Waals surface area contributed by atoms with E-state index in [2.05, 4.69) is 30.4 Å². The number of hydrogen-bond donors (Lipinski definition) is 1. The van der Waals surface area contributed by atoms with Crippen molar-refractivity contribution in [1.29, 1.82) is 0 Å². The molecule has 0 saturated carbocycles. The van der Waals surface area contributed by atoms with Crippen LogP contribution >= 0.6 is 0 Å². The molecule has 21 heavy (non-hydrogen) atoms. The van der Waals surface area contributed by atoms with Gasteiger partial charge in [0.1, 0.15) is 5.82 Å². The van der Waals surface area contributed by atoms with Crippen molar-refractivity contribution in [2.75, 3.05) is 6.54 Å². The van der Waals surface area contributed by atoms with Gasteiger partial charge in [0.25, 0.3) is 0 Å². The van der Waals surface area contributed by atoms with Crippen molar-refractivity contribution in [3.63, 3.8) is 0 Å². The van der Waals surface area contributed by atoms with E-state index in [1.165, 1.54) is 42.0 Å². The highest BCUT2D eigenvalue weighted by Crippen LogP contribution is 2.25. The topological polar surface area (TPSA) is 12.0 Å². The summed E-state index contributed by atoms with van der Waals surface area (Å²) in [6.07, 6.45) is 4.61. The molecule has 0 aliphatic heterocycles. The molecule has 110 valence electrons. The fourth-order valence-corrected chi connectivity index (χ4v) is 3.27. The molecule has 0 fully saturated rings. The number of nitrogens with one attached hydrogen (secondary N) is 1. The molecule has 1 unspecified atom stereocenters. The second-order valence-electron chi connectivity index (χ2n) is 5.83. The summed E-state index contributed by atoms with van der Waals surface area (Å²) in [5.74, 6) is -0.163. The van der Waals surface area contributed by atoms with Crippen molar-refractivity contribution in [2.24, 2.45) is 0 Å². The van der Waals surface area contributed by atoms with Crippen LogP contribution in [0.4, 0.5) is 4.39 Å². The van der Waals surface area contributed by atoms with Crippen LogP contribution in [-0.2, 0) is 19.3 Å². The lowest BCUT2D eigenvalue weighted by Gasteiger charge is -2.19. The van der Waals surface area contributed by atoms with Crippen LogP contribution < -0.4 is 5.32 Å². The monoisotopic (exact) mass is 283 g/mol. The number of likely N-dealkylation sites (N-methyl/N-ethyl adjacent to an activating group) is 1. The molecule has 1 aliphatic carbocycles. The first kappa shape index (κ1) is 14.3. The number of fused-ring (bicyclic) bond motifs is 1. The van der Waals surface area contributed by atoms with Gasteiger partial charge in [0.05, 0.1) is 0 Å². The third-order valence-corrected chi connectivity index (χ3v) is 4.30. The van der Waals surface area contributed by atoms with Gasteiger partial charge in [-0.1, -0.05) is 37.3 Å². The Hall–Kier alpha value is -1.67. The van der Waals surface area contributed by atoms with E-state index in [9.17, 15) is 4.39 Å². The lowest BCUT2D eigenvalue weighted by molar-refractivity contribution is 0.542. The Bertz CT molecular complexity index is 621. The molecule has 1 nitrogen and oxygen atoms in total. The lowest BCUT2D eigenvalue weighted by atomic mass is 9.96. The molecule has 0 amide bonds. The molecule has 1 atom stereocenters. The van der Waals surface area contributed by atoms with Crippen LogP contribution in [0.15, 0.2) is 42.5 Å². The first-order valence-electron chi connectivity index (χ1n) is 7.86. The highest BCUT2D eigenvalue weighted by atomic mass is 19.1. The minimum atomic E-state index is -0.163. The van der Waals surface area contributed by atoms with Gasteiger partial charge in [0.2, 0.25) is 0 Å². The van der Waals surface area contributed by atoms with E-state index in [1.54, 1.807) is 12.1 Å². The molecule has 3 rings (SSSR count). The van der Waals surface area contributed by atoms with Crippen LogP contribution in [0.5, 0.6) is 0 Å². The summed E-state index contributed by atoms with van der Waals surface area (Å²) in [7, 11) is 0. The number of hydrogen-bond acceptors (Lipinski definition) is 1. The zero-order valence-corrected chi connectivity index (χ0v) is 12.5. The summed E-state index contributed by atoms with van der Waals surface area (Å²) in [5, 5.41) is 3.48. The molecule has 1 N–H and O–H groups in total. The van der Waals surface area contributed by atoms with Gasteiger partial charge >= 0.3 is 0 Å². The second-order valence-corrected chi connectivity index (χ2v) is 5.83. The van der Waals surface area contributed by atoms with Crippen LogP contribution in [0.2, 0.25) is 0 Å². The van der Waals surface area contributed by atoms with Gasteiger partial charge in [0, 0.05) is 6.04 Å². The van der Waals surface area contributed by atoms with E-state index >= 15 is 0 Å². The Morgan fingerprint density at radius 3 is 2.76 bits per heavy atom. The lowest BCUT2D eigenvalue weighted by Crippen LogP contribution is -2.23. The third-order valence-electron chi connectivity index (χ3n) is 4.30. The molecule has 1 aliphatic rings. The SMILES string of the molecule is CCNC(Cc1ccc2c(c1)CCC2)c1cccc(F)c1. The zero-order chi connectivity index (χ0) is 14.7. The normalized spacial score (nSPS) is 15.0. The van der Waals surface area contributed by atoms with E-state index in [1.807, 2.05) is 6.07 Å². The largest absolute Gasteiger partial charge is 0.310 e. The zero-order valence-electron chi connectivity index (χ0n) is 12.5. The number of aryl methyl sites for hydroxylation is 2. The predicted molar refractivity (Wildman–Crippen MR) is 85.0 cm³/mol. The van der Waals surface area contributed by atoms with Crippen LogP contribution in [-0.4, -0.2) is 6.54 Å². The first-order chi connectivity index (χ1) is 10.3. The summed E-state index contributed by atoms with van der Waals surface area (Å²) in [6, 6.07) is 13.9. The standard InChI is InChI=1S/C19H22FN/c1-2-21-19(17-7-4-8-18(20)13-17)12-14-9-10-15-5-3-6-16(15)11-14/h4,7-11,13,19,21H,2-3,5-6,12H2,1H3. The smallest absolute Gasteiger partial charge is 0.123 e. The summed E-state index contributed by atoms with van der Waals surface area (Å²) in [5.41, 5.74) is 5.37. The summed E-state index contributed by atoms with van der Waals surface area (Å²) in [6.45, 7) is 2.97. The molecule has 2 aromatic rings. The first-order valence-corrected chi connectivity index (χ1v) is 7.86. The number of rotatable bonds is 5. The molecule has 0 bridgehead atoms. The van der Waals surface area contributed by atoms with Crippen molar-refractivity contribution in [1.82, 2.24) is 5.32 Å². The van der Waals surface area contributed by atoms with Crippen LogP contribution in [0.1, 0.15) is 41.6 Å². The molecule has 2 heteroatoms. The molecule has 0 saturated heterocycles. The quantitative estimate of drug-likeness (QED) is 0.867. The molecular weight excluding hydrogens is 261 g/mol. The van der Waals surface area contributed by atoms with Crippen LogP contribution in [0, 0.1) is 5.82 Å². The van der Waals surface area contributed by atoms with E-state index in [-0.39, 0.29) is 11.9 Å². The van der Waals surface area contributed by atoms with Gasteiger partial charge in [-0.05, 0) is 66.6 Å². The maximum absolute atomic E-state index is 13.5. The van der Waals surface area contributed by atoms with Crippen molar-refractivity contribution in [3.05, 3.63) is 70.5 Å². The maximum Gasteiger partial charge on any atom is 0.123 e. The maximum atomic E-state index is 13.5. The highest BCUT2D eigenvalue weighted by Gasteiger charge is 2.15. The van der Waals surface area contributed by atoms with Gasteiger partial charge in [-0.3, -0.25) is 0 Å². The van der Waals surface area contributed by atoms with Gasteiger partial charge in [-0.15, -0.1) is 0 Å². The van der Waals surface area contributed by atoms with Gasteiger partial charge in [0.15, 0.2) is 0 Å². The van der Waals surface area contributed by atoms with E-state index < -0.39 is 0 Å². The molecular formula is C19H22FN. The molecule has 2 aromatic carbocycles. The minimum Gasteiger partial charge on any atom is -0.310 e. The minimum absolute atomic E-state index is 0.163. The van der Waals surface area contributed by atoms with E-state index in [0.29, 0.717) is 0 Å². The van der Waals surface area contributed by atoms with Crippen LogP contribution in [0.3, 0.4) is 0 Å². The Morgan fingerprint density at radius 1 is 1.10 bits per heavy atom. The van der Waals surface area contributed by atoms with Gasteiger partial charge in [-0.25, -0.2) is 4.39 Å². The van der Waals surface area contributed by atoms with E-state index in [0.717, 1.165) is 18.5 Å². The predicted octanol–water partition coefficient (Wildman–Crippen LogP) is 4.21. The molecule has 0 spiro atoms.